The van der Waals surface area contributed by atoms with Gasteiger partial charge >= 0.3 is 0 Å². The van der Waals surface area contributed by atoms with Crippen molar-refractivity contribution < 1.29 is 4.74 Å². The maximum atomic E-state index is 5.86. The number of ether oxygens (including phenoxy) is 1. The zero-order valence-electron chi connectivity index (χ0n) is 10.4. The van der Waals surface area contributed by atoms with E-state index in [2.05, 4.69) is 43.4 Å². The molecule has 0 aliphatic carbocycles. The van der Waals surface area contributed by atoms with E-state index in [4.69, 9.17) is 4.74 Å². The summed E-state index contributed by atoms with van der Waals surface area (Å²) in [7, 11) is 0. The Bertz CT molecular complexity index is 261. The topological polar surface area (TPSA) is 21.3 Å². The molecule has 0 saturated heterocycles. The van der Waals surface area contributed by atoms with Crippen molar-refractivity contribution in [3.63, 3.8) is 0 Å². The van der Waals surface area contributed by atoms with Crippen LogP contribution >= 0.6 is 0 Å². The van der Waals surface area contributed by atoms with Crippen LogP contribution < -0.4 is 5.32 Å². The molecule has 1 N–H and O–H groups in total. The van der Waals surface area contributed by atoms with Gasteiger partial charge in [-0.05, 0) is 24.9 Å². The van der Waals surface area contributed by atoms with Crippen LogP contribution in [0, 0.1) is 0 Å². The molecule has 0 fully saturated rings. The molecule has 1 aromatic carbocycles. The van der Waals surface area contributed by atoms with E-state index in [1.807, 2.05) is 6.07 Å². The van der Waals surface area contributed by atoms with E-state index in [-0.39, 0.29) is 6.10 Å². The Kier molecular flexibility index (Phi) is 6.86. The smallest absolute Gasteiger partial charge is 0.0949 e. The average Bonchev–Trinajstić information content (AvgIpc) is 2.35. The first-order valence-electron chi connectivity index (χ1n) is 6.25. The zero-order chi connectivity index (χ0) is 11.6. The quantitative estimate of drug-likeness (QED) is 0.681. The molecule has 0 aromatic heterocycles. The fourth-order valence-electron chi connectivity index (χ4n) is 1.61. The minimum absolute atomic E-state index is 0.188. The molecule has 0 aliphatic heterocycles. The number of hydrogen-bond donors (Lipinski definition) is 1. The predicted octanol–water partition coefficient (Wildman–Crippen LogP) is 3.15. The van der Waals surface area contributed by atoms with Gasteiger partial charge in [0.05, 0.1) is 6.10 Å². The van der Waals surface area contributed by atoms with E-state index in [0.717, 1.165) is 32.5 Å². The van der Waals surface area contributed by atoms with E-state index in [1.165, 1.54) is 5.56 Å². The van der Waals surface area contributed by atoms with Gasteiger partial charge in [-0.3, -0.25) is 0 Å². The second kappa shape index (κ2) is 8.31. The van der Waals surface area contributed by atoms with Gasteiger partial charge in [0.25, 0.3) is 0 Å². The molecule has 1 unspecified atom stereocenters. The summed E-state index contributed by atoms with van der Waals surface area (Å²) in [5, 5.41) is 3.42. The Morgan fingerprint density at radius 1 is 1.12 bits per heavy atom. The van der Waals surface area contributed by atoms with Crippen LogP contribution in [-0.2, 0) is 4.74 Å². The zero-order valence-corrected chi connectivity index (χ0v) is 10.4. The maximum Gasteiger partial charge on any atom is 0.0949 e. The summed E-state index contributed by atoms with van der Waals surface area (Å²) in [5.41, 5.74) is 1.26. The SMILES string of the molecule is CCCNCC(OCCC)c1ccccc1. The van der Waals surface area contributed by atoms with Gasteiger partial charge in [-0.2, -0.15) is 0 Å². The molecule has 90 valence electrons. The van der Waals surface area contributed by atoms with Crippen molar-refractivity contribution in [2.24, 2.45) is 0 Å². The molecule has 2 nitrogen and oxygen atoms in total. The Labute approximate surface area is 99.0 Å². The van der Waals surface area contributed by atoms with Crippen molar-refractivity contribution in [3.05, 3.63) is 35.9 Å². The van der Waals surface area contributed by atoms with Crippen molar-refractivity contribution in [2.75, 3.05) is 19.7 Å². The summed E-state index contributed by atoms with van der Waals surface area (Å²) < 4.78 is 5.86. The summed E-state index contributed by atoms with van der Waals surface area (Å²) in [6.07, 6.45) is 2.42. The first-order chi connectivity index (χ1) is 7.88. The molecular weight excluding hydrogens is 198 g/mol. The lowest BCUT2D eigenvalue weighted by Crippen LogP contribution is -2.24. The molecule has 1 rings (SSSR count). The van der Waals surface area contributed by atoms with Gasteiger partial charge in [-0.15, -0.1) is 0 Å². The third kappa shape index (κ3) is 4.77. The summed E-state index contributed by atoms with van der Waals surface area (Å²) in [6, 6.07) is 10.4. The highest BCUT2D eigenvalue weighted by atomic mass is 16.5. The van der Waals surface area contributed by atoms with E-state index in [0.29, 0.717) is 0 Å². The van der Waals surface area contributed by atoms with Crippen molar-refractivity contribution in [1.82, 2.24) is 5.32 Å². The van der Waals surface area contributed by atoms with Crippen LogP contribution in [0.1, 0.15) is 38.4 Å². The molecule has 16 heavy (non-hydrogen) atoms. The lowest BCUT2D eigenvalue weighted by molar-refractivity contribution is 0.0531. The summed E-state index contributed by atoms with van der Waals surface area (Å²) in [5.74, 6) is 0. The van der Waals surface area contributed by atoms with Gasteiger partial charge in [-0.1, -0.05) is 44.2 Å². The van der Waals surface area contributed by atoms with Gasteiger partial charge in [0.15, 0.2) is 0 Å². The highest BCUT2D eigenvalue weighted by molar-refractivity contribution is 5.17. The van der Waals surface area contributed by atoms with Crippen LogP contribution in [0.5, 0.6) is 0 Å². The van der Waals surface area contributed by atoms with Crippen molar-refractivity contribution in [2.45, 2.75) is 32.8 Å². The molecule has 0 bridgehead atoms. The van der Waals surface area contributed by atoms with Crippen molar-refractivity contribution in [3.8, 4) is 0 Å². The minimum atomic E-state index is 0.188. The molecule has 0 saturated carbocycles. The minimum Gasteiger partial charge on any atom is -0.372 e. The van der Waals surface area contributed by atoms with Crippen LogP contribution in [0.3, 0.4) is 0 Å². The van der Waals surface area contributed by atoms with Crippen LogP contribution in [0.2, 0.25) is 0 Å². The Morgan fingerprint density at radius 3 is 2.50 bits per heavy atom. The van der Waals surface area contributed by atoms with E-state index >= 15 is 0 Å². The fraction of sp³-hybridized carbons (Fsp3) is 0.571. The Morgan fingerprint density at radius 2 is 1.88 bits per heavy atom. The van der Waals surface area contributed by atoms with Gasteiger partial charge in [0.1, 0.15) is 0 Å². The van der Waals surface area contributed by atoms with Crippen LogP contribution in [-0.4, -0.2) is 19.7 Å². The van der Waals surface area contributed by atoms with Crippen LogP contribution in [0.25, 0.3) is 0 Å². The lowest BCUT2D eigenvalue weighted by Gasteiger charge is -2.18. The molecule has 0 amide bonds. The molecule has 0 spiro atoms. The molecule has 0 aliphatic rings. The largest absolute Gasteiger partial charge is 0.372 e. The summed E-state index contributed by atoms with van der Waals surface area (Å²) in [6.45, 7) is 7.10. The first-order valence-corrected chi connectivity index (χ1v) is 6.25. The van der Waals surface area contributed by atoms with E-state index < -0.39 is 0 Å². The van der Waals surface area contributed by atoms with Gasteiger partial charge in [0.2, 0.25) is 0 Å². The molecule has 1 aromatic rings. The van der Waals surface area contributed by atoms with Crippen molar-refractivity contribution >= 4 is 0 Å². The number of hydrogen-bond acceptors (Lipinski definition) is 2. The molecule has 2 heteroatoms. The number of benzene rings is 1. The van der Waals surface area contributed by atoms with E-state index in [9.17, 15) is 0 Å². The highest BCUT2D eigenvalue weighted by Crippen LogP contribution is 2.16. The normalized spacial score (nSPS) is 12.6. The maximum absolute atomic E-state index is 5.86. The Balaban J connectivity index is 2.49. The van der Waals surface area contributed by atoms with E-state index in [1.54, 1.807) is 0 Å². The van der Waals surface area contributed by atoms with Gasteiger partial charge in [-0.25, -0.2) is 0 Å². The number of rotatable bonds is 8. The number of nitrogens with one attached hydrogen (secondary N) is 1. The summed E-state index contributed by atoms with van der Waals surface area (Å²) in [4.78, 5) is 0. The average molecular weight is 221 g/mol. The third-order valence-electron chi connectivity index (χ3n) is 2.45. The van der Waals surface area contributed by atoms with Gasteiger partial charge in [0, 0.05) is 13.2 Å². The third-order valence-corrected chi connectivity index (χ3v) is 2.45. The summed E-state index contributed by atoms with van der Waals surface area (Å²) >= 11 is 0. The Hall–Kier alpha value is -0.860. The standard InChI is InChI=1S/C14H23NO/c1-3-10-15-12-14(16-11-4-2)13-8-6-5-7-9-13/h5-9,14-15H,3-4,10-12H2,1-2H3. The molecule has 1 atom stereocenters. The molecule has 0 radical (unpaired) electrons. The molecule has 0 heterocycles. The van der Waals surface area contributed by atoms with Crippen molar-refractivity contribution in [1.29, 1.82) is 0 Å². The van der Waals surface area contributed by atoms with Crippen LogP contribution in [0.4, 0.5) is 0 Å². The second-order valence-corrected chi connectivity index (χ2v) is 3.97. The highest BCUT2D eigenvalue weighted by Gasteiger charge is 2.10. The van der Waals surface area contributed by atoms with Crippen LogP contribution in [0.15, 0.2) is 30.3 Å². The monoisotopic (exact) mass is 221 g/mol. The molecular formula is C14H23NO. The lowest BCUT2D eigenvalue weighted by atomic mass is 10.1. The van der Waals surface area contributed by atoms with Gasteiger partial charge < -0.3 is 10.1 Å². The predicted molar refractivity (Wildman–Crippen MR) is 68.6 cm³/mol. The second-order valence-electron chi connectivity index (χ2n) is 3.97. The fourth-order valence-corrected chi connectivity index (χ4v) is 1.61. The first kappa shape index (κ1) is 13.2.